The Hall–Kier alpha value is -1.58. The molecule has 0 unspecified atom stereocenters. The molecule has 0 aliphatic rings. The van der Waals surface area contributed by atoms with Crippen LogP contribution in [0.15, 0.2) is 71.4 Å². The zero-order chi connectivity index (χ0) is 25.4. The minimum atomic E-state index is -0.473. The molecule has 0 fully saturated rings. The average molecular weight is 500 g/mol. The van der Waals surface area contributed by atoms with Gasteiger partial charge in [-0.15, -0.1) is 11.7 Å². The Morgan fingerprint density at radius 1 is 0.941 bits per heavy atom. The summed E-state index contributed by atoms with van der Waals surface area (Å²) in [5.41, 5.74) is 9.98. The first kappa shape index (κ1) is 32.4. The summed E-state index contributed by atoms with van der Waals surface area (Å²) < 4.78 is 0. The zero-order valence-corrected chi connectivity index (χ0v) is 24.0. The number of hydrogen-bond acceptors (Lipinski definition) is 1. The van der Waals surface area contributed by atoms with E-state index < -0.39 is 9.52 Å². The molecule has 0 nitrogen and oxygen atoms in total. The number of rotatable bonds is 17. The second-order valence-corrected chi connectivity index (χ2v) is 11.1. The predicted octanol–water partition coefficient (Wildman–Crippen LogP) is 10.4. The molecular weight excluding hydrogens is 452 g/mol. The van der Waals surface area contributed by atoms with Crippen LogP contribution in [0.25, 0.3) is 0 Å². The van der Waals surface area contributed by atoms with Crippen LogP contribution in [0.3, 0.4) is 0 Å². The van der Waals surface area contributed by atoms with Crippen LogP contribution in [0.1, 0.15) is 98.8 Å². The van der Waals surface area contributed by atoms with Gasteiger partial charge in [0.05, 0.1) is 0 Å². The Balaban J connectivity index is 4.54. The fourth-order valence-electron chi connectivity index (χ4n) is 3.60. The Kier molecular flexibility index (Phi) is 22.1. The first-order valence-corrected chi connectivity index (χ1v) is 15.2. The van der Waals surface area contributed by atoms with Crippen LogP contribution in [0.2, 0.25) is 0 Å². The van der Waals surface area contributed by atoms with Crippen LogP contribution in [0.5, 0.6) is 0 Å². The maximum atomic E-state index is 5.90. The largest absolute Gasteiger partial charge is 0.372 e. The van der Waals surface area contributed by atoms with E-state index in [4.69, 9.17) is 16.4 Å². The van der Waals surface area contributed by atoms with Gasteiger partial charge in [0.15, 0.2) is 0 Å². The van der Waals surface area contributed by atoms with Crippen LogP contribution in [-0.2, 0) is 9.52 Å². The Labute approximate surface area is 219 Å². The van der Waals surface area contributed by atoms with E-state index in [1.165, 1.54) is 24.0 Å². The van der Waals surface area contributed by atoms with Crippen LogP contribution in [0.4, 0.5) is 0 Å². The SMILES string of the molecule is C#[S-](Cl)CCC/C(=C/C=C/CC/C(C#CC)=C/CC/C(=C\C)CCC/C=C\C/C=C\C)C(C)C. The van der Waals surface area contributed by atoms with Crippen molar-refractivity contribution < 1.29 is 0 Å². The fourth-order valence-corrected chi connectivity index (χ4v) is 4.35. The summed E-state index contributed by atoms with van der Waals surface area (Å²) >= 11 is 0. The summed E-state index contributed by atoms with van der Waals surface area (Å²) in [5.74, 6) is 7.84. The van der Waals surface area contributed by atoms with E-state index in [0.29, 0.717) is 5.92 Å². The van der Waals surface area contributed by atoms with E-state index in [2.05, 4.69) is 94.2 Å². The Morgan fingerprint density at radius 2 is 1.74 bits per heavy atom. The summed E-state index contributed by atoms with van der Waals surface area (Å²) in [5, 5.41) is 0. The molecule has 0 aromatic carbocycles. The molecule has 190 valence electrons. The molecular formula is C32H48ClS-. The first-order valence-electron chi connectivity index (χ1n) is 12.9. The molecule has 0 bridgehead atoms. The lowest BCUT2D eigenvalue weighted by molar-refractivity contribution is 0.704. The molecule has 0 rings (SSSR count). The van der Waals surface area contributed by atoms with Gasteiger partial charge in [0.2, 0.25) is 0 Å². The highest BCUT2D eigenvalue weighted by Crippen LogP contribution is 2.18. The maximum absolute atomic E-state index is 5.90. The van der Waals surface area contributed by atoms with Gasteiger partial charge in [0.25, 0.3) is 0 Å². The van der Waals surface area contributed by atoms with Gasteiger partial charge >= 0.3 is 0 Å². The van der Waals surface area contributed by atoms with Crippen molar-refractivity contribution in [2.24, 2.45) is 5.92 Å². The van der Waals surface area contributed by atoms with E-state index in [-0.39, 0.29) is 0 Å². The average Bonchev–Trinajstić information content (AvgIpc) is 2.80. The van der Waals surface area contributed by atoms with Crippen molar-refractivity contribution in [1.29, 1.82) is 0 Å². The molecule has 0 aliphatic heterocycles. The lowest BCUT2D eigenvalue weighted by Gasteiger charge is -2.13. The number of halogens is 1. The molecule has 0 aromatic heterocycles. The molecule has 0 amide bonds. The topological polar surface area (TPSA) is 0 Å². The lowest BCUT2D eigenvalue weighted by Crippen LogP contribution is -1.96. The molecule has 0 aromatic rings. The van der Waals surface area contributed by atoms with Gasteiger partial charge in [-0.3, -0.25) is 10.7 Å². The number of allylic oxidation sites excluding steroid dienone is 12. The molecule has 2 heteroatoms. The van der Waals surface area contributed by atoms with Crippen LogP contribution < -0.4 is 0 Å². The maximum Gasteiger partial charge on any atom is -0.00165 e. The quantitative estimate of drug-likeness (QED) is 0.0613. The lowest BCUT2D eigenvalue weighted by atomic mass is 9.98. The molecule has 0 saturated carbocycles. The predicted molar refractivity (Wildman–Crippen MR) is 161 cm³/mol. The summed E-state index contributed by atoms with van der Waals surface area (Å²) in [6, 6.07) is 0. The van der Waals surface area contributed by atoms with Gasteiger partial charge in [0.1, 0.15) is 0 Å². The van der Waals surface area contributed by atoms with Crippen molar-refractivity contribution in [3.8, 4) is 17.5 Å². The molecule has 34 heavy (non-hydrogen) atoms. The molecule has 0 heterocycles. The van der Waals surface area contributed by atoms with E-state index in [1.807, 2.05) is 6.92 Å². The van der Waals surface area contributed by atoms with E-state index in [9.17, 15) is 0 Å². The van der Waals surface area contributed by atoms with Crippen molar-refractivity contribution >= 4 is 20.2 Å². The third-order valence-electron chi connectivity index (χ3n) is 5.67. The molecule has 0 aliphatic carbocycles. The van der Waals surface area contributed by atoms with Crippen molar-refractivity contribution in [1.82, 2.24) is 0 Å². The first-order chi connectivity index (χ1) is 16.4. The summed E-state index contributed by atoms with van der Waals surface area (Å²) in [7, 11) is 5.43. The standard InChI is InChI=1S/C32H48ClS/c1-7-10-11-12-13-14-16-22-30(9-3)24-19-25-31(21-8-2)23-17-15-18-26-32(29(4)5)27-20-28-34(6)33/h6-7,9-10,12-13,15,18,25-26,29H,11,14,16-17,19-20,22-24,27-28H2,1-5H3/q-1/b10-7-,13-12-,18-15+,30-9-,31-25+,32-26-. The number of hydrogen-bond donors (Lipinski definition) is 0. The second kappa shape index (κ2) is 23.2. The van der Waals surface area contributed by atoms with Crippen LogP contribution in [0, 0.1) is 23.4 Å². The van der Waals surface area contributed by atoms with E-state index in [0.717, 1.165) is 57.1 Å². The molecule has 0 radical (unpaired) electrons. The van der Waals surface area contributed by atoms with Gasteiger partial charge in [-0.05, 0) is 90.0 Å². The monoisotopic (exact) mass is 499 g/mol. The Bertz CT molecular complexity index is 841. The molecule has 0 spiro atoms. The van der Waals surface area contributed by atoms with E-state index in [1.54, 1.807) is 5.57 Å². The van der Waals surface area contributed by atoms with Gasteiger partial charge in [-0.2, -0.15) is 0 Å². The third kappa shape index (κ3) is 19.9. The zero-order valence-electron chi connectivity index (χ0n) is 22.4. The second-order valence-electron chi connectivity index (χ2n) is 8.79. The highest BCUT2D eigenvalue weighted by Gasteiger charge is 2.01. The highest BCUT2D eigenvalue weighted by atomic mass is 35.7. The van der Waals surface area contributed by atoms with Crippen LogP contribution >= 0.6 is 10.7 Å². The summed E-state index contributed by atoms with van der Waals surface area (Å²) in [4.78, 5) is 0. The van der Waals surface area contributed by atoms with Crippen molar-refractivity contribution in [2.45, 2.75) is 98.8 Å². The fraction of sp³-hybridized carbons (Fsp3) is 0.531. The van der Waals surface area contributed by atoms with Crippen molar-refractivity contribution in [2.75, 3.05) is 5.75 Å². The van der Waals surface area contributed by atoms with Gasteiger partial charge in [0, 0.05) is 0 Å². The normalized spacial score (nSPS) is 13.7. The van der Waals surface area contributed by atoms with Gasteiger partial charge < -0.3 is 15.2 Å². The third-order valence-corrected chi connectivity index (χ3v) is 6.81. The summed E-state index contributed by atoms with van der Waals surface area (Å²) in [6.07, 6.45) is 31.3. The van der Waals surface area contributed by atoms with Gasteiger partial charge in [-0.25, -0.2) is 0 Å². The minimum absolute atomic E-state index is 0.473. The molecule has 0 atom stereocenters. The van der Waals surface area contributed by atoms with Crippen molar-refractivity contribution in [3.05, 3.63) is 71.4 Å². The van der Waals surface area contributed by atoms with Gasteiger partial charge in [-0.1, -0.05) is 92.0 Å². The number of unbranched alkanes of at least 4 members (excludes halogenated alkanes) is 1. The van der Waals surface area contributed by atoms with Crippen molar-refractivity contribution in [3.63, 3.8) is 0 Å². The highest BCUT2D eigenvalue weighted by molar-refractivity contribution is 8.09. The van der Waals surface area contributed by atoms with Crippen LogP contribution in [-0.4, -0.2) is 5.75 Å². The summed E-state index contributed by atoms with van der Waals surface area (Å²) in [6.45, 7) is 10.7. The van der Waals surface area contributed by atoms with E-state index >= 15 is 0 Å². The Morgan fingerprint density at radius 3 is 2.38 bits per heavy atom. The molecule has 0 N–H and O–H groups in total. The smallest absolute Gasteiger partial charge is 0.00165 e. The minimum Gasteiger partial charge on any atom is -0.372 e. The molecule has 0 saturated heterocycles.